The summed E-state index contributed by atoms with van der Waals surface area (Å²) in [6.45, 7) is 0. The Hall–Kier alpha value is -2.46. The van der Waals surface area contributed by atoms with Gasteiger partial charge in [-0.1, -0.05) is 35.9 Å². The molecule has 0 aliphatic rings. The molecule has 0 fully saturated rings. The fraction of sp³-hybridized carbons (Fsp3) is 0.111. The molecular weight excluding hydrogens is 444 g/mol. The summed E-state index contributed by atoms with van der Waals surface area (Å²) in [5, 5.41) is 0.580. The van der Waals surface area contributed by atoms with Gasteiger partial charge in [0.05, 0.1) is 21.7 Å². The zero-order valence-corrected chi connectivity index (χ0v) is 15.6. The molecule has 0 aromatic heterocycles. The van der Waals surface area contributed by atoms with Crippen LogP contribution in [0.3, 0.4) is 0 Å². The highest BCUT2D eigenvalue weighted by Gasteiger charge is 2.37. The normalized spacial score (nSPS) is 12.9. The first-order chi connectivity index (χ1) is 13.3. The number of fused-ring (bicyclic) bond motifs is 1. The van der Waals surface area contributed by atoms with Gasteiger partial charge < -0.3 is 0 Å². The number of hydrogen-bond acceptors (Lipinski definition) is 2. The second kappa shape index (κ2) is 7.10. The summed E-state index contributed by atoms with van der Waals surface area (Å²) >= 11 is 6.05. The first kappa shape index (κ1) is 21.3. The van der Waals surface area contributed by atoms with Crippen molar-refractivity contribution in [1.82, 2.24) is 0 Å². The molecule has 0 atom stereocenters. The Morgan fingerprint density at radius 3 is 1.83 bits per heavy atom. The Morgan fingerprint density at radius 2 is 1.31 bits per heavy atom. The average molecular weight is 454 g/mol. The van der Waals surface area contributed by atoms with Crippen molar-refractivity contribution in [3.8, 4) is 0 Å². The maximum Gasteiger partial charge on any atom is 0.416 e. The molecule has 0 unspecified atom stereocenters. The van der Waals surface area contributed by atoms with Crippen LogP contribution in [0.5, 0.6) is 0 Å². The summed E-state index contributed by atoms with van der Waals surface area (Å²) < 4.78 is 105. The van der Waals surface area contributed by atoms with Crippen molar-refractivity contribution in [3.63, 3.8) is 0 Å². The van der Waals surface area contributed by atoms with Crippen LogP contribution < -0.4 is 4.72 Å². The summed E-state index contributed by atoms with van der Waals surface area (Å²) in [6, 6.07) is 9.12. The third-order valence-electron chi connectivity index (χ3n) is 3.95. The largest absolute Gasteiger partial charge is 0.416 e. The molecule has 0 radical (unpaired) electrons. The molecule has 0 bridgehead atoms. The predicted octanol–water partition coefficient (Wildman–Crippen LogP) is 6.33. The molecule has 154 valence electrons. The van der Waals surface area contributed by atoms with E-state index in [0.717, 1.165) is 6.07 Å². The Labute approximate surface area is 166 Å². The second-order valence-corrected chi connectivity index (χ2v) is 8.05. The lowest BCUT2D eigenvalue weighted by atomic mass is 10.1. The summed E-state index contributed by atoms with van der Waals surface area (Å²) in [7, 11) is -4.56. The van der Waals surface area contributed by atoms with Crippen LogP contribution >= 0.6 is 11.6 Å². The van der Waals surface area contributed by atoms with Gasteiger partial charge >= 0.3 is 12.4 Å². The Kier molecular flexibility index (Phi) is 5.20. The third-order valence-corrected chi connectivity index (χ3v) is 5.68. The van der Waals surface area contributed by atoms with E-state index in [0.29, 0.717) is 17.5 Å². The van der Waals surface area contributed by atoms with Gasteiger partial charge in [0.25, 0.3) is 10.0 Å². The van der Waals surface area contributed by atoms with Crippen molar-refractivity contribution < 1.29 is 34.8 Å². The summed E-state index contributed by atoms with van der Waals surface area (Å²) in [6.07, 6.45) is -10.2. The van der Waals surface area contributed by atoms with Crippen LogP contribution in [0.15, 0.2) is 59.5 Å². The SMILES string of the molecule is O=S(=O)(Nc1cc(C(F)(F)F)cc(C(F)(F)F)c1)c1cccc2cccc(Cl)c12. The minimum Gasteiger partial charge on any atom is -0.280 e. The number of benzene rings is 3. The minimum atomic E-state index is -5.11. The number of alkyl halides is 6. The van der Waals surface area contributed by atoms with Gasteiger partial charge in [0.1, 0.15) is 0 Å². The van der Waals surface area contributed by atoms with Crippen LogP contribution in [0, 0.1) is 0 Å². The quantitative estimate of drug-likeness (QED) is 0.471. The summed E-state index contributed by atoms with van der Waals surface area (Å²) in [5.41, 5.74) is -4.15. The highest BCUT2D eigenvalue weighted by atomic mass is 35.5. The molecule has 0 amide bonds. The average Bonchev–Trinajstić information content (AvgIpc) is 2.59. The third kappa shape index (κ3) is 4.43. The fourth-order valence-corrected chi connectivity index (χ4v) is 4.34. The summed E-state index contributed by atoms with van der Waals surface area (Å²) in [4.78, 5) is -0.383. The first-order valence-electron chi connectivity index (χ1n) is 7.78. The summed E-state index contributed by atoms with van der Waals surface area (Å²) in [5.74, 6) is 0. The van der Waals surface area contributed by atoms with Gasteiger partial charge in [-0.3, -0.25) is 4.72 Å². The predicted molar refractivity (Wildman–Crippen MR) is 96.2 cm³/mol. The number of halogens is 7. The van der Waals surface area contributed by atoms with E-state index in [9.17, 15) is 34.8 Å². The first-order valence-corrected chi connectivity index (χ1v) is 9.65. The molecule has 0 aliphatic carbocycles. The molecule has 0 saturated heterocycles. The number of rotatable bonds is 3. The highest BCUT2D eigenvalue weighted by Crippen LogP contribution is 2.38. The molecule has 3 aromatic carbocycles. The Bertz CT molecular complexity index is 1150. The Morgan fingerprint density at radius 1 is 0.793 bits per heavy atom. The van der Waals surface area contributed by atoms with Crippen molar-refractivity contribution in [2.45, 2.75) is 17.2 Å². The van der Waals surface area contributed by atoms with E-state index in [1.165, 1.54) is 12.1 Å². The minimum absolute atomic E-state index is 0.0588. The molecule has 29 heavy (non-hydrogen) atoms. The van der Waals surface area contributed by atoms with Crippen molar-refractivity contribution in [3.05, 3.63) is 70.7 Å². The monoisotopic (exact) mass is 453 g/mol. The molecule has 3 rings (SSSR count). The smallest absolute Gasteiger partial charge is 0.280 e. The number of hydrogen-bond donors (Lipinski definition) is 1. The van der Waals surface area contributed by atoms with E-state index in [-0.39, 0.29) is 21.4 Å². The second-order valence-electron chi connectivity index (χ2n) is 5.99. The lowest BCUT2D eigenvalue weighted by Gasteiger charge is -2.16. The molecule has 0 saturated carbocycles. The van der Waals surface area contributed by atoms with Crippen LogP contribution in [-0.4, -0.2) is 8.42 Å². The van der Waals surface area contributed by atoms with Crippen LogP contribution in [0.25, 0.3) is 10.8 Å². The lowest BCUT2D eigenvalue weighted by Crippen LogP contribution is -2.16. The Balaban J connectivity index is 2.15. The zero-order valence-electron chi connectivity index (χ0n) is 14.1. The van der Waals surface area contributed by atoms with E-state index >= 15 is 0 Å². The molecule has 3 nitrogen and oxygen atoms in total. The van der Waals surface area contributed by atoms with E-state index in [1.807, 2.05) is 0 Å². The molecule has 11 heteroatoms. The van der Waals surface area contributed by atoms with Crippen LogP contribution in [0.2, 0.25) is 5.02 Å². The van der Waals surface area contributed by atoms with Crippen molar-refractivity contribution in [2.24, 2.45) is 0 Å². The number of nitrogens with one attached hydrogen (secondary N) is 1. The van der Waals surface area contributed by atoms with Gasteiger partial charge in [-0.05, 0) is 35.7 Å². The molecular formula is C18H10ClF6NO2S. The molecule has 0 spiro atoms. The number of sulfonamides is 1. The maximum atomic E-state index is 13.0. The van der Waals surface area contributed by atoms with Gasteiger partial charge in [-0.25, -0.2) is 8.42 Å². The van der Waals surface area contributed by atoms with E-state index in [4.69, 9.17) is 11.6 Å². The topological polar surface area (TPSA) is 46.2 Å². The molecule has 3 aromatic rings. The zero-order chi connectivity index (χ0) is 21.6. The van der Waals surface area contributed by atoms with E-state index < -0.39 is 39.2 Å². The number of anilines is 1. The highest BCUT2D eigenvalue weighted by molar-refractivity contribution is 7.93. The van der Waals surface area contributed by atoms with Crippen LogP contribution in [0.4, 0.5) is 32.0 Å². The van der Waals surface area contributed by atoms with Crippen molar-refractivity contribution >= 4 is 38.1 Å². The van der Waals surface area contributed by atoms with Gasteiger partial charge in [0, 0.05) is 10.4 Å². The van der Waals surface area contributed by atoms with Crippen molar-refractivity contribution in [2.75, 3.05) is 4.72 Å². The van der Waals surface area contributed by atoms with Gasteiger partial charge in [-0.2, -0.15) is 26.3 Å². The van der Waals surface area contributed by atoms with Crippen LogP contribution in [-0.2, 0) is 22.4 Å². The molecule has 0 aliphatic heterocycles. The van der Waals surface area contributed by atoms with Gasteiger partial charge in [-0.15, -0.1) is 0 Å². The van der Waals surface area contributed by atoms with Gasteiger partial charge in [0.2, 0.25) is 0 Å². The standard InChI is InChI=1S/C18H10ClF6NO2S/c19-14-5-1-3-10-4-2-6-15(16(10)14)29(27,28)26-13-8-11(17(20,21)22)7-12(9-13)18(23,24)25/h1-9,26H. The fourth-order valence-electron chi connectivity index (χ4n) is 2.71. The van der Waals surface area contributed by atoms with Crippen LogP contribution in [0.1, 0.15) is 11.1 Å². The maximum absolute atomic E-state index is 13.0. The lowest BCUT2D eigenvalue weighted by molar-refractivity contribution is -0.143. The molecule has 1 N–H and O–H groups in total. The van der Waals surface area contributed by atoms with Crippen molar-refractivity contribution in [1.29, 1.82) is 0 Å². The van der Waals surface area contributed by atoms with E-state index in [2.05, 4.69) is 0 Å². The van der Waals surface area contributed by atoms with Gasteiger partial charge in [0.15, 0.2) is 0 Å². The molecule has 0 heterocycles. The van der Waals surface area contributed by atoms with E-state index in [1.54, 1.807) is 22.9 Å².